The number of carbonyl (C=O) groups is 2. The highest BCUT2D eigenvalue weighted by molar-refractivity contribution is 9.12. The van der Waals surface area contributed by atoms with E-state index in [1.165, 1.54) is 0 Å². The molecule has 2 fully saturated rings. The first-order valence-corrected chi connectivity index (χ1v) is 12.0. The lowest BCUT2D eigenvalue weighted by atomic mass is 9.84. The highest BCUT2D eigenvalue weighted by Crippen LogP contribution is 2.46. The number of benzene rings is 2. The molecule has 2 aromatic carbocycles. The van der Waals surface area contributed by atoms with E-state index >= 15 is 0 Å². The summed E-state index contributed by atoms with van der Waals surface area (Å²) in [5.74, 6) is -0.331. The molecule has 2 aliphatic heterocycles. The Labute approximate surface area is 203 Å². The quantitative estimate of drug-likeness (QED) is 0.402. The van der Waals surface area contributed by atoms with Crippen molar-refractivity contribution in [3.05, 3.63) is 65.7 Å². The van der Waals surface area contributed by atoms with Gasteiger partial charge in [-0.05, 0) is 23.3 Å². The Hall–Kier alpha value is -2.10. The molecule has 0 radical (unpaired) electrons. The first-order valence-electron chi connectivity index (χ1n) is 10.2. The number of ether oxygens (including phenoxy) is 4. The second-order valence-corrected chi connectivity index (χ2v) is 9.78. The lowest BCUT2D eigenvalue weighted by molar-refractivity contribution is -0.152. The highest BCUT2D eigenvalue weighted by atomic mass is 79.9. The second kappa shape index (κ2) is 10.2. The number of hydrogen-bond donors (Lipinski definition) is 1. The van der Waals surface area contributed by atoms with E-state index < -0.39 is 30.1 Å². The van der Waals surface area contributed by atoms with E-state index in [1.807, 2.05) is 42.5 Å². The Morgan fingerprint density at radius 2 is 1.53 bits per heavy atom. The first-order chi connectivity index (χ1) is 15.5. The van der Waals surface area contributed by atoms with Crippen LogP contribution in [0.1, 0.15) is 11.1 Å². The Balaban J connectivity index is 1.38. The van der Waals surface area contributed by atoms with E-state index in [9.17, 15) is 9.59 Å². The molecule has 6 atom stereocenters. The summed E-state index contributed by atoms with van der Waals surface area (Å²) in [6, 6.07) is 16.1. The van der Waals surface area contributed by atoms with Crippen molar-refractivity contribution in [1.82, 2.24) is 5.32 Å². The van der Waals surface area contributed by atoms with Gasteiger partial charge in [-0.3, -0.25) is 4.79 Å². The predicted molar refractivity (Wildman–Crippen MR) is 124 cm³/mol. The number of alkyl halides is 2. The number of methoxy groups -OCH3 is 1. The smallest absolute Gasteiger partial charge is 0.407 e. The summed E-state index contributed by atoms with van der Waals surface area (Å²) in [7, 11) is 1.59. The van der Waals surface area contributed by atoms with Gasteiger partial charge >= 0.3 is 12.1 Å². The number of halogens is 2. The van der Waals surface area contributed by atoms with Crippen LogP contribution in [0.5, 0.6) is 5.75 Å². The van der Waals surface area contributed by atoms with Crippen molar-refractivity contribution < 1.29 is 28.5 Å². The van der Waals surface area contributed by atoms with Crippen molar-refractivity contribution in [1.29, 1.82) is 0 Å². The second-order valence-electron chi connectivity index (χ2n) is 7.67. The molecule has 7 nitrogen and oxygen atoms in total. The molecule has 2 aromatic rings. The molecule has 4 rings (SSSR count). The normalized spacial score (nSPS) is 28.2. The maximum atomic E-state index is 13.0. The monoisotopic (exact) mass is 567 g/mol. The first kappa shape index (κ1) is 23.1. The molecule has 9 heteroatoms. The van der Waals surface area contributed by atoms with E-state index in [0.29, 0.717) is 0 Å². The van der Waals surface area contributed by atoms with Crippen LogP contribution in [0.25, 0.3) is 0 Å². The van der Waals surface area contributed by atoms with Gasteiger partial charge < -0.3 is 24.3 Å². The van der Waals surface area contributed by atoms with Crippen molar-refractivity contribution in [2.24, 2.45) is 5.92 Å². The Kier molecular flexibility index (Phi) is 7.37. The summed E-state index contributed by atoms with van der Waals surface area (Å²) in [5.41, 5.74) is 1.71. The highest BCUT2D eigenvalue weighted by Gasteiger charge is 2.62. The van der Waals surface area contributed by atoms with E-state index in [1.54, 1.807) is 19.2 Å². The van der Waals surface area contributed by atoms with Gasteiger partial charge in [0.25, 0.3) is 0 Å². The maximum Gasteiger partial charge on any atom is 0.407 e. The SMILES string of the molecule is COc1ccc(COC(=O)N[C@@H]2[C@H](C(=O)OCc3ccccc3)[C@@H]3O[C@H]2C(Br)C3Br)cc1. The number of hydrogen-bond acceptors (Lipinski definition) is 6. The maximum absolute atomic E-state index is 13.0. The minimum atomic E-state index is -0.643. The molecule has 32 heavy (non-hydrogen) atoms. The zero-order valence-electron chi connectivity index (χ0n) is 17.3. The largest absolute Gasteiger partial charge is 0.497 e. The molecular formula is C23H23Br2NO6. The van der Waals surface area contributed by atoms with Gasteiger partial charge in [0.2, 0.25) is 0 Å². The standard InChI is InChI=1S/C23H23Br2NO6/c1-29-15-9-7-14(8-10-15)12-31-23(28)26-19-16(20-17(24)18(25)21(19)32-20)22(27)30-11-13-5-3-2-4-6-13/h2-10,16-21H,11-12H2,1H3,(H,26,28)/t16-,17?,18?,19+,20-,21-/m0/s1. The number of nitrogens with one attached hydrogen (secondary N) is 1. The molecule has 2 aliphatic rings. The van der Waals surface area contributed by atoms with Crippen LogP contribution < -0.4 is 10.1 Å². The summed E-state index contributed by atoms with van der Waals surface area (Å²) in [6.07, 6.45) is -1.42. The lowest BCUT2D eigenvalue weighted by Crippen LogP contribution is -2.56. The van der Waals surface area contributed by atoms with Crippen molar-refractivity contribution in [3.8, 4) is 5.75 Å². The third-order valence-electron chi connectivity index (χ3n) is 5.65. The van der Waals surface area contributed by atoms with Crippen molar-refractivity contribution >= 4 is 43.9 Å². The molecule has 2 saturated heterocycles. The molecule has 2 unspecified atom stereocenters. The third-order valence-corrected chi connectivity index (χ3v) is 8.54. The molecule has 2 heterocycles. The molecule has 2 bridgehead atoms. The summed E-state index contributed by atoms with van der Waals surface area (Å²) >= 11 is 7.20. The molecule has 0 spiro atoms. The van der Waals surface area contributed by atoms with E-state index in [0.717, 1.165) is 16.9 Å². The zero-order valence-corrected chi connectivity index (χ0v) is 20.5. The number of esters is 1. The topological polar surface area (TPSA) is 83.1 Å². The molecule has 170 valence electrons. The summed E-state index contributed by atoms with van der Waals surface area (Å²) in [6.45, 7) is 0.256. The number of alkyl carbamates (subject to hydrolysis) is 1. The van der Waals surface area contributed by atoms with Crippen LogP contribution in [0.2, 0.25) is 0 Å². The van der Waals surface area contributed by atoms with Crippen molar-refractivity contribution in [2.75, 3.05) is 7.11 Å². The molecule has 0 aliphatic carbocycles. The summed E-state index contributed by atoms with van der Waals surface area (Å²) < 4.78 is 22.0. The fourth-order valence-electron chi connectivity index (χ4n) is 3.99. The number of rotatable bonds is 7. The fourth-order valence-corrected chi connectivity index (χ4v) is 5.50. The van der Waals surface area contributed by atoms with Crippen LogP contribution in [-0.2, 0) is 32.2 Å². The van der Waals surface area contributed by atoms with E-state index in [4.69, 9.17) is 18.9 Å². The van der Waals surface area contributed by atoms with Gasteiger partial charge in [-0.2, -0.15) is 0 Å². The molecule has 0 saturated carbocycles. The van der Waals surface area contributed by atoms with Crippen molar-refractivity contribution in [2.45, 2.75) is 41.1 Å². The predicted octanol–water partition coefficient (Wildman–Crippen LogP) is 3.96. The van der Waals surface area contributed by atoms with Gasteiger partial charge in [0.05, 0.1) is 35.0 Å². The third kappa shape index (κ3) is 4.94. The lowest BCUT2D eigenvalue weighted by Gasteiger charge is -2.32. The van der Waals surface area contributed by atoms with E-state index in [2.05, 4.69) is 37.2 Å². The number of carbonyl (C=O) groups excluding carboxylic acids is 2. The van der Waals surface area contributed by atoms with Gasteiger partial charge in [-0.15, -0.1) is 0 Å². The van der Waals surface area contributed by atoms with Gasteiger partial charge in [0.15, 0.2) is 0 Å². The fraction of sp³-hybridized carbons (Fsp3) is 0.391. The minimum Gasteiger partial charge on any atom is -0.497 e. The molecule has 1 amide bonds. The Morgan fingerprint density at radius 1 is 0.906 bits per heavy atom. The van der Waals surface area contributed by atoms with Crippen LogP contribution in [0.15, 0.2) is 54.6 Å². The van der Waals surface area contributed by atoms with Gasteiger partial charge in [0, 0.05) is 0 Å². The zero-order chi connectivity index (χ0) is 22.7. The summed E-state index contributed by atoms with van der Waals surface area (Å²) in [4.78, 5) is 25.3. The van der Waals surface area contributed by atoms with Crippen LogP contribution in [0, 0.1) is 5.92 Å². The average Bonchev–Trinajstić information content (AvgIpc) is 3.33. The minimum absolute atomic E-state index is 0.0578. The van der Waals surface area contributed by atoms with Gasteiger partial charge in [-0.25, -0.2) is 4.79 Å². The molecule has 0 aromatic heterocycles. The Bertz CT molecular complexity index is 941. The van der Waals surface area contributed by atoms with Crippen LogP contribution in [0.3, 0.4) is 0 Å². The van der Waals surface area contributed by atoms with Gasteiger partial charge in [0.1, 0.15) is 24.9 Å². The average molecular weight is 569 g/mol. The number of fused-ring (bicyclic) bond motifs is 2. The van der Waals surface area contributed by atoms with E-state index in [-0.39, 0.29) is 29.0 Å². The van der Waals surface area contributed by atoms with Crippen LogP contribution >= 0.6 is 31.9 Å². The Morgan fingerprint density at radius 3 is 2.22 bits per heavy atom. The number of amides is 1. The van der Waals surface area contributed by atoms with Crippen molar-refractivity contribution in [3.63, 3.8) is 0 Å². The molecule has 1 N–H and O–H groups in total. The van der Waals surface area contributed by atoms with Crippen LogP contribution in [0.4, 0.5) is 4.79 Å². The van der Waals surface area contributed by atoms with Gasteiger partial charge in [-0.1, -0.05) is 74.3 Å². The van der Waals surface area contributed by atoms with Crippen LogP contribution in [-0.4, -0.2) is 47.1 Å². The molecular weight excluding hydrogens is 546 g/mol. The summed E-state index contributed by atoms with van der Waals surface area (Å²) in [5, 5.41) is 2.82.